The molecule has 0 bridgehead atoms. The fourth-order valence-electron chi connectivity index (χ4n) is 1.87. The number of anilines is 1. The van der Waals surface area contributed by atoms with Crippen LogP contribution in [0.1, 0.15) is 19.8 Å². The van der Waals surface area contributed by atoms with Crippen LogP contribution in [-0.4, -0.2) is 38.9 Å². The van der Waals surface area contributed by atoms with Crippen LogP contribution in [0.2, 0.25) is 0 Å². The maximum atomic E-state index is 10.7. The Labute approximate surface area is 114 Å². The minimum absolute atomic E-state index is 0.205. The second-order valence-electron chi connectivity index (χ2n) is 4.32. The summed E-state index contributed by atoms with van der Waals surface area (Å²) >= 11 is 0. The van der Waals surface area contributed by atoms with Crippen LogP contribution in [0, 0.1) is 0 Å². The Morgan fingerprint density at radius 3 is 2.32 bits per heavy atom. The second kappa shape index (κ2) is 7.35. The quantitative estimate of drug-likeness (QED) is 0.742. The molecule has 0 heterocycles. The first-order valence-electron chi connectivity index (χ1n) is 6.30. The lowest BCUT2D eigenvalue weighted by molar-refractivity contribution is 0.415. The van der Waals surface area contributed by atoms with Gasteiger partial charge in [-0.25, -0.2) is 0 Å². The summed E-state index contributed by atoms with van der Waals surface area (Å²) in [6.07, 6.45) is 1.38. The summed E-state index contributed by atoms with van der Waals surface area (Å²) in [4.78, 5) is 2.10. The Morgan fingerprint density at radius 1 is 1.21 bits per heavy atom. The monoisotopic (exact) mass is 287 g/mol. The number of nitrogens with zero attached hydrogens (tertiary/aromatic N) is 1. The Balaban J connectivity index is 2.65. The molecule has 0 radical (unpaired) electrons. The van der Waals surface area contributed by atoms with Crippen molar-refractivity contribution < 1.29 is 17.7 Å². The normalized spacial score (nSPS) is 11.3. The van der Waals surface area contributed by atoms with Gasteiger partial charge in [0.1, 0.15) is 5.75 Å². The van der Waals surface area contributed by atoms with Gasteiger partial charge in [-0.3, -0.25) is 4.55 Å². The lowest BCUT2D eigenvalue weighted by Crippen LogP contribution is -2.26. The third-order valence-electron chi connectivity index (χ3n) is 2.76. The number of benzene rings is 1. The topological polar surface area (TPSA) is 66.8 Å². The van der Waals surface area contributed by atoms with E-state index in [-0.39, 0.29) is 5.75 Å². The molecule has 0 aliphatic carbocycles. The average Bonchev–Trinajstić information content (AvgIpc) is 2.36. The zero-order valence-electron chi connectivity index (χ0n) is 11.4. The van der Waals surface area contributed by atoms with Gasteiger partial charge in [0, 0.05) is 18.8 Å². The molecule has 0 saturated carbocycles. The predicted octanol–water partition coefficient (Wildman–Crippen LogP) is 2.19. The largest absolute Gasteiger partial charge is 0.497 e. The number of rotatable bonds is 8. The van der Waals surface area contributed by atoms with E-state index in [1.807, 2.05) is 24.3 Å². The molecule has 6 heteroatoms. The molecule has 0 unspecified atom stereocenters. The highest BCUT2D eigenvalue weighted by molar-refractivity contribution is 7.85. The van der Waals surface area contributed by atoms with E-state index >= 15 is 0 Å². The molecule has 0 atom stereocenters. The molecule has 1 aromatic rings. The highest BCUT2D eigenvalue weighted by Gasteiger charge is 2.09. The van der Waals surface area contributed by atoms with E-state index in [9.17, 15) is 8.42 Å². The van der Waals surface area contributed by atoms with Crippen molar-refractivity contribution in [3.05, 3.63) is 24.3 Å². The van der Waals surface area contributed by atoms with Crippen LogP contribution in [0.4, 0.5) is 5.69 Å². The fourth-order valence-corrected chi connectivity index (χ4v) is 2.36. The van der Waals surface area contributed by atoms with Crippen molar-refractivity contribution in [3.8, 4) is 5.75 Å². The summed E-state index contributed by atoms with van der Waals surface area (Å²) in [5.41, 5.74) is 1.03. The highest BCUT2D eigenvalue weighted by atomic mass is 32.2. The molecule has 0 fully saturated rings. The Kier molecular flexibility index (Phi) is 6.11. The molecule has 1 rings (SSSR count). The summed E-state index contributed by atoms with van der Waals surface area (Å²) in [6, 6.07) is 7.64. The molecule has 0 amide bonds. The number of hydrogen-bond acceptors (Lipinski definition) is 4. The molecule has 5 nitrogen and oxygen atoms in total. The van der Waals surface area contributed by atoms with Crippen LogP contribution in [0.5, 0.6) is 5.75 Å². The Bertz CT molecular complexity index is 470. The van der Waals surface area contributed by atoms with Gasteiger partial charge in [0.2, 0.25) is 0 Å². The van der Waals surface area contributed by atoms with Gasteiger partial charge in [-0.15, -0.1) is 0 Å². The van der Waals surface area contributed by atoms with E-state index in [0.29, 0.717) is 13.0 Å². The minimum atomic E-state index is -3.87. The van der Waals surface area contributed by atoms with Crippen LogP contribution in [-0.2, 0) is 10.1 Å². The molecule has 0 spiro atoms. The summed E-state index contributed by atoms with van der Waals surface area (Å²) in [7, 11) is -2.26. The maximum absolute atomic E-state index is 10.7. The summed E-state index contributed by atoms with van der Waals surface area (Å²) in [6.45, 7) is 3.51. The number of hydrogen-bond donors (Lipinski definition) is 1. The molecule has 1 aromatic carbocycles. The second-order valence-corrected chi connectivity index (χ2v) is 5.90. The van der Waals surface area contributed by atoms with Crippen molar-refractivity contribution in [2.24, 2.45) is 0 Å². The first-order chi connectivity index (χ1) is 8.96. The Morgan fingerprint density at radius 2 is 1.84 bits per heavy atom. The van der Waals surface area contributed by atoms with Crippen LogP contribution in [0.3, 0.4) is 0 Å². The van der Waals surface area contributed by atoms with Gasteiger partial charge in [0.25, 0.3) is 10.1 Å². The van der Waals surface area contributed by atoms with Gasteiger partial charge in [0.05, 0.1) is 12.9 Å². The van der Waals surface area contributed by atoms with Crippen molar-refractivity contribution in [2.45, 2.75) is 19.8 Å². The van der Waals surface area contributed by atoms with Gasteiger partial charge in [-0.05, 0) is 37.1 Å². The van der Waals surface area contributed by atoms with E-state index in [4.69, 9.17) is 9.29 Å². The van der Waals surface area contributed by atoms with Gasteiger partial charge < -0.3 is 9.64 Å². The Hall–Kier alpha value is -1.27. The van der Waals surface area contributed by atoms with Gasteiger partial charge in [0.15, 0.2) is 0 Å². The number of ether oxygens (including phenoxy) is 1. The fraction of sp³-hybridized carbons (Fsp3) is 0.538. The zero-order valence-corrected chi connectivity index (χ0v) is 12.2. The first-order valence-corrected chi connectivity index (χ1v) is 7.91. The molecular formula is C13H21NO4S. The van der Waals surface area contributed by atoms with Gasteiger partial charge >= 0.3 is 0 Å². The molecule has 108 valence electrons. The summed E-state index contributed by atoms with van der Waals surface area (Å²) in [5.74, 6) is 0.585. The predicted molar refractivity (Wildman–Crippen MR) is 76.5 cm³/mol. The third-order valence-corrected chi connectivity index (χ3v) is 3.57. The molecular weight excluding hydrogens is 266 g/mol. The zero-order chi connectivity index (χ0) is 14.3. The van der Waals surface area contributed by atoms with Crippen LogP contribution in [0.25, 0.3) is 0 Å². The van der Waals surface area contributed by atoms with E-state index in [0.717, 1.165) is 24.4 Å². The maximum Gasteiger partial charge on any atom is 0.264 e. The minimum Gasteiger partial charge on any atom is -0.497 e. The number of methoxy groups -OCH3 is 1. The third kappa shape index (κ3) is 5.94. The molecule has 0 aromatic heterocycles. The molecule has 1 N–H and O–H groups in total. The molecule has 19 heavy (non-hydrogen) atoms. The average molecular weight is 287 g/mol. The smallest absolute Gasteiger partial charge is 0.264 e. The van der Waals surface area contributed by atoms with Crippen molar-refractivity contribution >= 4 is 15.8 Å². The van der Waals surface area contributed by atoms with Gasteiger partial charge in [-0.2, -0.15) is 8.42 Å². The van der Waals surface area contributed by atoms with E-state index in [1.54, 1.807) is 7.11 Å². The standard InChI is InChI=1S/C13H21NO4S/c1-3-9-14(10-4-11-19(15,16)17)12-5-7-13(18-2)8-6-12/h5-8H,3-4,9-11H2,1-2H3,(H,15,16,17). The molecule has 0 aliphatic rings. The lowest BCUT2D eigenvalue weighted by atomic mass is 10.2. The van der Waals surface area contributed by atoms with Crippen molar-refractivity contribution in [1.29, 1.82) is 0 Å². The lowest BCUT2D eigenvalue weighted by Gasteiger charge is -2.24. The van der Waals surface area contributed by atoms with E-state index < -0.39 is 10.1 Å². The SMILES string of the molecule is CCCN(CCCS(=O)(=O)O)c1ccc(OC)cc1. The molecule has 0 aliphatic heterocycles. The molecule has 0 saturated heterocycles. The van der Waals surface area contributed by atoms with Crippen LogP contribution in [0.15, 0.2) is 24.3 Å². The summed E-state index contributed by atoms with van der Waals surface area (Å²) < 4.78 is 35.3. The van der Waals surface area contributed by atoms with E-state index in [2.05, 4.69) is 11.8 Å². The summed E-state index contributed by atoms with van der Waals surface area (Å²) in [5, 5.41) is 0. The van der Waals surface area contributed by atoms with Crippen LogP contribution >= 0.6 is 0 Å². The van der Waals surface area contributed by atoms with Crippen molar-refractivity contribution in [3.63, 3.8) is 0 Å². The first kappa shape index (κ1) is 15.8. The van der Waals surface area contributed by atoms with Crippen molar-refractivity contribution in [1.82, 2.24) is 0 Å². The van der Waals surface area contributed by atoms with Crippen LogP contribution < -0.4 is 9.64 Å². The highest BCUT2D eigenvalue weighted by Crippen LogP contribution is 2.19. The van der Waals surface area contributed by atoms with Gasteiger partial charge in [-0.1, -0.05) is 6.92 Å². The van der Waals surface area contributed by atoms with E-state index in [1.165, 1.54) is 0 Å². The van der Waals surface area contributed by atoms with Crippen molar-refractivity contribution in [2.75, 3.05) is 30.9 Å².